The molecule has 37 heavy (non-hydrogen) atoms. The fraction of sp³-hybridized carbons (Fsp3) is 0.538. The van der Waals surface area contributed by atoms with E-state index in [9.17, 15) is 14.7 Å². The molecule has 11 nitrogen and oxygen atoms in total. The smallest absolute Gasteiger partial charge is 0.271 e. The van der Waals surface area contributed by atoms with E-state index in [0.29, 0.717) is 29.3 Å². The van der Waals surface area contributed by atoms with Crippen LogP contribution in [0.5, 0.6) is 0 Å². The largest absolute Gasteiger partial charge is 0.393 e. The van der Waals surface area contributed by atoms with Gasteiger partial charge in [-0.3, -0.25) is 9.59 Å². The van der Waals surface area contributed by atoms with E-state index in [1.165, 1.54) is 6.92 Å². The molecular weight excluding hydrogens is 472 g/mol. The number of nitrogens with one attached hydrogen (secondary N) is 3. The quantitative estimate of drug-likeness (QED) is 0.361. The Morgan fingerprint density at radius 2 is 1.78 bits per heavy atom. The first-order valence-corrected chi connectivity index (χ1v) is 13.0. The van der Waals surface area contributed by atoms with Crippen LogP contribution < -0.4 is 26.6 Å². The third-order valence-corrected chi connectivity index (χ3v) is 6.99. The predicted octanol–water partition coefficient (Wildman–Crippen LogP) is 2.31. The van der Waals surface area contributed by atoms with E-state index in [1.807, 2.05) is 25.1 Å². The molecule has 1 aliphatic carbocycles. The molecule has 1 saturated heterocycles. The zero-order valence-electron chi connectivity index (χ0n) is 21.9. The molecule has 2 aromatic rings. The van der Waals surface area contributed by atoms with Crippen molar-refractivity contribution < 1.29 is 14.7 Å². The summed E-state index contributed by atoms with van der Waals surface area (Å²) in [7, 11) is 2.10. The van der Waals surface area contributed by atoms with Crippen molar-refractivity contribution in [3.8, 4) is 0 Å². The molecule has 2 fully saturated rings. The molecule has 0 radical (unpaired) electrons. The number of carbonyl (C=O) groups is 2. The van der Waals surface area contributed by atoms with Gasteiger partial charge in [-0.25, -0.2) is 9.97 Å². The fourth-order valence-corrected chi connectivity index (χ4v) is 4.87. The van der Waals surface area contributed by atoms with E-state index in [2.05, 4.69) is 37.8 Å². The number of nitrogens with two attached hydrogens (primary N) is 1. The van der Waals surface area contributed by atoms with Gasteiger partial charge in [0.25, 0.3) is 5.91 Å². The molecule has 0 spiro atoms. The van der Waals surface area contributed by atoms with Crippen LogP contribution in [0.2, 0.25) is 0 Å². The number of piperazine rings is 1. The Morgan fingerprint density at radius 3 is 2.41 bits per heavy atom. The van der Waals surface area contributed by atoms with Crippen LogP contribution in [0.4, 0.5) is 28.7 Å². The number of aromatic nitrogens is 2. The maximum absolute atomic E-state index is 12.3. The Labute approximate surface area is 217 Å². The third kappa shape index (κ3) is 6.66. The Bertz CT molecular complexity index is 1130. The van der Waals surface area contributed by atoms with Gasteiger partial charge in [-0.05, 0) is 57.4 Å². The van der Waals surface area contributed by atoms with Crippen LogP contribution in [0.15, 0.2) is 18.2 Å². The number of likely N-dealkylation sites (N-methyl/N-ethyl adjacent to an activating group) is 1. The van der Waals surface area contributed by atoms with Gasteiger partial charge in [0.1, 0.15) is 5.82 Å². The van der Waals surface area contributed by atoms with Gasteiger partial charge in [-0.1, -0.05) is 6.92 Å². The number of anilines is 5. The van der Waals surface area contributed by atoms with Gasteiger partial charge in [0.2, 0.25) is 5.91 Å². The lowest BCUT2D eigenvalue weighted by Crippen LogP contribution is -2.44. The molecule has 0 atom stereocenters. The van der Waals surface area contributed by atoms with Crippen LogP contribution in [-0.4, -0.2) is 77.2 Å². The summed E-state index contributed by atoms with van der Waals surface area (Å²) >= 11 is 0. The maximum atomic E-state index is 12.3. The molecule has 200 valence electrons. The number of primary amides is 1. The zero-order valence-corrected chi connectivity index (χ0v) is 21.9. The van der Waals surface area contributed by atoms with E-state index in [1.54, 1.807) is 0 Å². The number of hydrogen-bond donors (Lipinski definition) is 5. The van der Waals surface area contributed by atoms with Gasteiger partial charge in [0.05, 0.1) is 23.2 Å². The highest BCUT2D eigenvalue weighted by molar-refractivity contribution is 5.97. The molecule has 4 rings (SSSR count). The average molecular weight is 511 g/mol. The minimum atomic E-state index is -0.673. The number of aliphatic hydroxyl groups is 1. The standard InChI is InChI=1S/C26H38N8O3/c1-4-20-25(29-17-5-8-19(36)9-6-17)32-26(23(31-20)24(27)37)30-18-7-10-22(21(15-18)28-16(2)35)34-13-11-33(3)12-14-34/h7,10,15,17,19,36H,4-6,8-9,11-14H2,1-3H3,(H2,27,37)(H,28,35)(H2,29,30,32)/t17-,19-. The third-order valence-electron chi connectivity index (χ3n) is 6.99. The molecule has 1 saturated carbocycles. The molecule has 1 aromatic heterocycles. The number of amides is 2. The van der Waals surface area contributed by atoms with Gasteiger partial charge in [0.15, 0.2) is 11.5 Å². The molecule has 0 unspecified atom stereocenters. The first-order valence-electron chi connectivity index (χ1n) is 13.0. The maximum Gasteiger partial charge on any atom is 0.271 e. The molecule has 6 N–H and O–H groups in total. The minimum absolute atomic E-state index is 0.0608. The normalized spacial score (nSPS) is 20.4. The van der Waals surface area contributed by atoms with Crippen molar-refractivity contribution in [2.75, 3.05) is 54.1 Å². The van der Waals surface area contributed by atoms with Gasteiger partial charge in [0, 0.05) is 44.8 Å². The van der Waals surface area contributed by atoms with Crippen LogP contribution in [0, 0.1) is 0 Å². The number of rotatable bonds is 8. The topological polar surface area (TPSA) is 149 Å². The Hall–Kier alpha value is -3.44. The number of aryl methyl sites for hydroxylation is 1. The van der Waals surface area contributed by atoms with E-state index in [0.717, 1.165) is 57.5 Å². The van der Waals surface area contributed by atoms with E-state index in [-0.39, 0.29) is 29.6 Å². The second kappa shape index (κ2) is 11.7. The summed E-state index contributed by atoms with van der Waals surface area (Å²) in [4.78, 5) is 38.1. The van der Waals surface area contributed by atoms with E-state index >= 15 is 0 Å². The number of carbonyl (C=O) groups excluding carboxylic acids is 2. The molecule has 1 aromatic carbocycles. The number of aliphatic hydroxyl groups excluding tert-OH is 1. The summed E-state index contributed by atoms with van der Waals surface area (Å²) < 4.78 is 0. The summed E-state index contributed by atoms with van der Waals surface area (Å²) in [5.74, 6) is 0.0198. The van der Waals surface area contributed by atoms with Gasteiger partial charge in [-0.15, -0.1) is 0 Å². The average Bonchev–Trinajstić information content (AvgIpc) is 2.86. The Morgan fingerprint density at radius 1 is 1.08 bits per heavy atom. The SMILES string of the molecule is CCc1nc(C(N)=O)c(Nc2ccc(N3CCN(C)CC3)c(NC(C)=O)c2)nc1N[C@H]1CC[C@H](O)CC1. The second-order valence-corrected chi connectivity index (χ2v) is 9.91. The molecular formula is C26H38N8O3. The number of hydrogen-bond acceptors (Lipinski definition) is 9. The summed E-state index contributed by atoms with van der Waals surface area (Å²) in [6.45, 7) is 7.04. The molecule has 2 aliphatic rings. The molecule has 1 aliphatic heterocycles. The monoisotopic (exact) mass is 510 g/mol. The first-order chi connectivity index (χ1) is 17.7. The Kier molecular flexibility index (Phi) is 8.45. The van der Waals surface area contributed by atoms with Gasteiger partial charge >= 0.3 is 0 Å². The predicted molar refractivity (Wildman–Crippen MR) is 146 cm³/mol. The highest BCUT2D eigenvalue weighted by Crippen LogP contribution is 2.32. The van der Waals surface area contributed by atoms with Crippen molar-refractivity contribution in [2.24, 2.45) is 5.73 Å². The van der Waals surface area contributed by atoms with Crippen molar-refractivity contribution in [3.63, 3.8) is 0 Å². The van der Waals surface area contributed by atoms with Crippen molar-refractivity contribution in [1.82, 2.24) is 14.9 Å². The fourth-order valence-electron chi connectivity index (χ4n) is 4.87. The van der Waals surface area contributed by atoms with Gasteiger partial charge in [-0.2, -0.15) is 0 Å². The number of benzene rings is 1. The summed E-state index contributed by atoms with van der Waals surface area (Å²) in [5, 5.41) is 19.5. The van der Waals surface area contributed by atoms with Crippen LogP contribution >= 0.6 is 0 Å². The highest BCUT2D eigenvalue weighted by atomic mass is 16.3. The van der Waals surface area contributed by atoms with Crippen molar-refractivity contribution in [2.45, 2.75) is 58.1 Å². The van der Waals surface area contributed by atoms with E-state index < -0.39 is 5.91 Å². The lowest BCUT2D eigenvalue weighted by atomic mass is 9.93. The zero-order chi connectivity index (χ0) is 26.5. The van der Waals surface area contributed by atoms with Crippen molar-refractivity contribution in [1.29, 1.82) is 0 Å². The first kappa shape index (κ1) is 26.6. The van der Waals surface area contributed by atoms with Crippen molar-refractivity contribution in [3.05, 3.63) is 29.6 Å². The summed E-state index contributed by atoms with van der Waals surface area (Å²) in [5.41, 5.74) is 8.67. The number of nitrogens with zero attached hydrogens (tertiary/aromatic N) is 4. The van der Waals surface area contributed by atoms with Crippen molar-refractivity contribution >= 4 is 40.5 Å². The summed E-state index contributed by atoms with van der Waals surface area (Å²) in [6.07, 6.45) is 3.47. The van der Waals surface area contributed by atoms with Crippen LogP contribution in [0.1, 0.15) is 55.7 Å². The lowest BCUT2D eigenvalue weighted by molar-refractivity contribution is -0.114. The molecule has 0 bridgehead atoms. The molecule has 2 heterocycles. The molecule has 2 amide bonds. The van der Waals surface area contributed by atoms with Gasteiger partial charge < -0.3 is 36.6 Å². The lowest BCUT2D eigenvalue weighted by Gasteiger charge is -2.35. The molecule has 11 heteroatoms. The second-order valence-electron chi connectivity index (χ2n) is 9.91. The van der Waals surface area contributed by atoms with Crippen LogP contribution in [0.25, 0.3) is 0 Å². The van der Waals surface area contributed by atoms with E-state index in [4.69, 9.17) is 10.7 Å². The Balaban J connectivity index is 1.63. The van der Waals surface area contributed by atoms with Crippen LogP contribution in [-0.2, 0) is 11.2 Å². The summed E-state index contributed by atoms with van der Waals surface area (Å²) in [6, 6.07) is 5.87. The minimum Gasteiger partial charge on any atom is -0.393 e. The van der Waals surface area contributed by atoms with Crippen LogP contribution in [0.3, 0.4) is 0 Å². The highest BCUT2D eigenvalue weighted by Gasteiger charge is 2.23.